The highest BCUT2D eigenvalue weighted by Gasteiger charge is 2.20. The predicted octanol–water partition coefficient (Wildman–Crippen LogP) is 2.25. The molecule has 2 aromatic rings. The molecule has 0 N–H and O–H groups in total. The largest absolute Gasteiger partial charge is 0.516 e. The fourth-order valence-corrected chi connectivity index (χ4v) is 2.44. The lowest BCUT2D eigenvalue weighted by molar-refractivity contribution is 0.0187. The van der Waals surface area contributed by atoms with Crippen molar-refractivity contribution in [1.29, 1.82) is 0 Å². The van der Waals surface area contributed by atoms with Crippen molar-refractivity contribution in [1.82, 2.24) is 25.2 Å². The zero-order valence-corrected chi connectivity index (χ0v) is 13.4. The number of ether oxygens (including phenoxy) is 2. The topological polar surface area (TPSA) is 92.0 Å². The Morgan fingerprint density at radius 2 is 2.25 bits per heavy atom. The number of hydrogen-bond donors (Lipinski definition) is 0. The van der Waals surface area contributed by atoms with Crippen molar-refractivity contribution in [3.8, 4) is 6.01 Å². The van der Waals surface area contributed by atoms with E-state index < -0.39 is 11.8 Å². The van der Waals surface area contributed by atoms with Gasteiger partial charge in [0.25, 0.3) is 0 Å². The Labute approximate surface area is 127 Å². The van der Waals surface area contributed by atoms with E-state index in [9.17, 15) is 4.79 Å². The molecule has 0 aliphatic carbocycles. The summed E-state index contributed by atoms with van der Waals surface area (Å²) in [6.07, 6.45) is 0.823. The Morgan fingerprint density at radius 1 is 1.50 bits per heavy atom. The van der Waals surface area contributed by atoms with Crippen LogP contribution in [-0.4, -0.2) is 36.9 Å². The maximum atomic E-state index is 11.4. The third-order valence-corrected chi connectivity index (χ3v) is 3.26. The standard InChI is InChI=1S/C10H12BrN5O3S/c1-10(2,3)19-9(17)18-8-13-15-16(14-8)5-7-12-4-6(11)20-7/h4H,5H2,1-3H3. The molecule has 2 heterocycles. The second-order valence-corrected chi connectivity index (χ2v) is 7.22. The zero-order valence-electron chi connectivity index (χ0n) is 11.0. The van der Waals surface area contributed by atoms with E-state index in [0.717, 1.165) is 8.79 Å². The van der Waals surface area contributed by atoms with Crippen LogP contribution in [0.3, 0.4) is 0 Å². The van der Waals surface area contributed by atoms with E-state index in [1.165, 1.54) is 16.1 Å². The molecule has 0 amide bonds. The van der Waals surface area contributed by atoms with Gasteiger partial charge in [0, 0.05) is 0 Å². The lowest BCUT2D eigenvalue weighted by atomic mass is 10.2. The minimum atomic E-state index is -0.867. The van der Waals surface area contributed by atoms with Gasteiger partial charge < -0.3 is 9.47 Å². The van der Waals surface area contributed by atoms with E-state index in [-0.39, 0.29) is 6.01 Å². The molecule has 0 atom stereocenters. The number of carbonyl (C=O) groups excluding carboxylic acids is 1. The molecule has 2 rings (SSSR count). The van der Waals surface area contributed by atoms with Gasteiger partial charge in [-0.25, -0.2) is 9.78 Å². The lowest BCUT2D eigenvalue weighted by Crippen LogP contribution is -2.26. The molecule has 0 radical (unpaired) electrons. The molecule has 108 valence electrons. The molecule has 0 bridgehead atoms. The molecule has 0 fully saturated rings. The highest BCUT2D eigenvalue weighted by atomic mass is 79.9. The number of thiazole rings is 1. The summed E-state index contributed by atoms with van der Waals surface area (Å²) in [5, 5.41) is 12.1. The van der Waals surface area contributed by atoms with Crippen LogP contribution in [0.5, 0.6) is 6.01 Å². The third-order valence-electron chi connectivity index (χ3n) is 1.80. The molecular formula is C10H12BrN5O3S. The molecule has 0 saturated carbocycles. The summed E-state index contributed by atoms with van der Waals surface area (Å²) in [6.45, 7) is 5.55. The van der Waals surface area contributed by atoms with Gasteiger partial charge in [-0.3, -0.25) is 0 Å². The Hall–Kier alpha value is -1.55. The highest BCUT2D eigenvalue weighted by Crippen LogP contribution is 2.19. The second-order valence-electron chi connectivity index (χ2n) is 4.73. The first kappa shape index (κ1) is 14.9. The number of tetrazole rings is 1. The number of nitrogens with zero attached hydrogens (tertiary/aromatic N) is 5. The summed E-state index contributed by atoms with van der Waals surface area (Å²) in [5.74, 6) is 0. The van der Waals surface area contributed by atoms with Gasteiger partial charge in [0.1, 0.15) is 17.2 Å². The molecule has 0 aromatic carbocycles. The van der Waals surface area contributed by atoms with Crippen LogP contribution >= 0.6 is 27.3 Å². The van der Waals surface area contributed by atoms with E-state index in [4.69, 9.17) is 9.47 Å². The average Bonchev–Trinajstić information content (AvgIpc) is 2.86. The summed E-state index contributed by atoms with van der Waals surface area (Å²) < 4.78 is 10.7. The van der Waals surface area contributed by atoms with Crippen LogP contribution in [0.1, 0.15) is 25.8 Å². The van der Waals surface area contributed by atoms with Gasteiger partial charge >= 0.3 is 12.2 Å². The van der Waals surface area contributed by atoms with Gasteiger partial charge in [-0.2, -0.15) is 4.80 Å². The molecule has 0 aliphatic heterocycles. The maximum absolute atomic E-state index is 11.4. The smallest absolute Gasteiger partial charge is 0.428 e. The summed E-state index contributed by atoms with van der Waals surface area (Å²) in [7, 11) is 0. The van der Waals surface area contributed by atoms with E-state index in [0.29, 0.717) is 6.54 Å². The molecule has 20 heavy (non-hydrogen) atoms. The lowest BCUT2D eigenvalue weighted by Gasteiger charge is -2.17. The van der Waals surface area contributed by atoms with Crippen molar-refractivity contribution in [2.75, 3.05) is 0 Å². The third kappa shape index (κ3) is 4.53. The van der Waals surface area contributed by atoms with Gasteiger partial charge in [0.2, 0.25) is 0 Å². The molecule has 10 heteroatoms. The predicted molar refractivity (Wildman–Crippen MR) is 73.6 cm³/mol. The first-order valence-corrected chi connectivity index (χ1v) is 7.21. The normalized spacial score (nSPS) is 11.4. The summed E-state index contributed by atoms with van der Waals surface area (Å²) in [5.41, 5.74) is -0.639. The van der Waals surface area contributed by atoms with Crippen LogP contribution in [0.4, 0.5) is 4.79 Å². The van der Waals surface area contributed by atoms with E-state index in [1.807, 2.05) is 0 Å². The Morgan fingerprint density at radius 3 is 2.85 bits per heavy atom. The van der Waals surface area contributed by atoms with Crippen molar-refractivity contribution >= 4 is 33.4 Å². The van der Waals surface area contributed by atoms with Crippen molar-refractivity contribution < 1.29 is 14.3 Å². The zero-order chi connectivity index (χ0) is 14.8. The van der Waals surface area contributed by atoms with Gasteiger partial charge in [-0.05, 0) is 41.9 Å². The Kier molecular flexibility index (Phi) is 4.33. The van der Waals surface area contributed by atoms with Gasteiger partial charge in [0.05, 0.1) is 9.98 Å². The molecule has 0 saturated heterocycles. The Bertz CT molecular complexity index is 606. The maximum Gasteiger partial charge on any atom is 0.516 e. The number of hydrogen-bond acceptors (Lipinski definition) is 8. The minimum absolute atomic E-state index is 0.158. The summed E-state index contributed by atoms with van der Waals surface area (Å²) in [6, 6.07) is -0.158. The fraction of sp³-hybridized carbons (Fsp3) is 0.500. The van der Waals surface area contributed by atoms with Crippen LogP contribution in [0.15, 0.2) is 9.98 Å². The van der Waals surface area contributed by atoms with Crippen LogP contribution in [0.2, 0.25) is 0 Å². The molecule has 0 unspecified atom stereocenters. The van der Waals surface area contributed by atoms with Gasteiger partial charge in [-0.1, -0.05) is 10.2 Å². The monoisotopic (exact) mass is 361 g/mol. The molecule has 8 nitrogen and oxygen atoms in total. The average molecular weight is 362 g/mol. The van der Waals surface area contributed by atoms with Crippen molar-refractivity contribution in [3.05, 3.63) is 15.0 Å². The quantitative estimate of drug-likeness (QED) is 0.774. The van der Waals surface area contributed by atoms with Gasteiger partial charge in [0.15, 0.2) is 0 Å². The Balaban J connectivity index is 1.94. The van der Waals surface area contributed by atoms with E-state index in [1.54, 1.807) is 27.0 Å². The molecule has 0 spiro atoms. The number of aromatic nitrogens is 5. The van der Waals surface area contributed by atoms with E-state index in [2.05, 4.69) is 36.3 Å². The van der Waals surface area contributed by atoms with E-state index >= 15 is 0 Å². The molecular weight excluding hydrogens is 350 g/mol. The SMILES string of the molecule is CC(C)(C)OC(=O)Oc1nnn(Cc2ncc(Br)s2)n1. The molecule has 0 aliphatic rings. The van der Waals surface area contributed by atoms with Gasteiger partial charge in [-0.15, -0.1) is 11.3 Å². The summed E-state index contributed by atoms with van der Waals surface area (Å²) in [4.78, 5) is 16.8. The number of halogens is 1. The first-order chi connectivity index (χ1) is 9.32. The number of rotatable bonds is 3. The minimum Gasteiger partial charge on any atom is -0.428 e. The van der Waals surface area contributed by atoms with Crippen LogP contribution in [0, 0.1) is 0 Å². The van der Waals surface area contributed by atoms with Crippen molar-refractivity contribution in [2.24, 2.45) is 0 Å². The highest BCUT2D eigenvalue weighted by molar-refractivity contribution is 9.11. The fourth-order valence-electron chi connectivity index (χ4n) is 1.16. The van der Waals surface area contributed by atoms with Crippen molar-refractivity contribution in [3.63, 3.8) is 0 Å². The second kappa shape index (κ2) is 5.83. The van der Waals surface area contributed by atoms with Crippen LogP contribution in [-0.2, 0) is 11.3 Å². The first-order valence-electron chi connectivity index (χ1n) is 5.61. The number of carbonyl (C=O) groups is 1. The van der Waals surface area contributed by atoms with Crippen molar-refractivity contribution in [2.45, 2.75) is 32.9 Å². The summed E-state index contributed by atoms with van der Waals surface area (Å²) >= 11 is 4.77. The molecule has 2 aromatic heterocycles. The van der Waals surface area contributed by atoms with Crippen LogP contribution < -0.4 is 4.74 Å². The van der Waals surface area contributed by atoms with Crippen LogP contribution in [0.25, 0.3) is 0 Å².